The Morgan fingerprint density at radius 3 is 2.73 bits per heavy atom. The minimum atomic E-state index is -0.765. The van der Waals surface area contributed by atoms with Gasteiger partial charge in [-0.3, -0.25) is 9.48 Å². The van der Waals surface area contributed by atoms with Crippen LogP contribution in [0, 0.1) is 5.92 Å². The van der Waals surface area contributed by atoms with Crippen LogP contribution in [0.15, 0.2) is 12.4 Å². The highest BCUT2D eigenvalue weighted by molar-refractivity contribution is 5.67. The van der Waals surface area contributed by atoms with E-state index in [2.05, 4.69) is 18.9 Å². The smallest absolute Gasteiger partial charge is 0.303 e. The number of aliphatic carboxylic acids is 1. The first-order chi connectivity index (χ1) is 6.99. The van der Waals surface area contributed by atoms with Crippen LogP contribution in [0.3, 0.4) is 0 Å². The minimum Gasteiger partial charge on any atom is -0.481 e. The van der Waals surface area contributed by atoms with Gasteiger partial charge < -0.3 is 5.11 Å². The van der Waals surface area contributed by atoms with Gasteiger partial charge in [-0.05, 0) is 17.4 Å². The van der Waals surface area contributed by atoms with Gasteiger partial charge in [-0.2, -0.15) is 5.10 Å². The summed E-state index contributed by atoms with van der Waals surface area (Å²) in [6.07, 6.45) is 3.86. The van der Waals surface area contributed by atoms with Gasteiger partial charge in [-0.25, -0.2) is 0 Å². The first-order valence-electron chi connectivity index (χ1n) is 5.23. The molecular weight excluding hydrogens is 192 g/mol. The number of hydrogen-bond donors (Lipinski definition) is 1. The molecule has 1 N–H and O–H groups in total. The van der Waals surface area contributed by atoms with E-state index in [4.69, 9.17) is 5.11 Å². The molecule has 84 valence electrons. The van der Waals surface area contributed by atoms with Crippen LogP contribution in [0.25, 0.3) is 0 Å². The second kappa shape index (κ2) is 4.96. The van der Waals surface area contributed by atoms with Crippen molar-refractivity contribution in [3.05, 3.63) is 18.0 Å². The predicted molar refractivity (Wildman–Crippen MR) is 57.7 cm³/mol. The average Bonchev–Trinajstić information content (AvgIpc) is 2.50. The summed E-state index contributed by atoms with van der Waals surface area (Å²) in [6.45, 7) is 7.04. The van der Waals surface area contributed by atoms with Crippen LogP contribution < -0.4 is 0 Å². The van der Waals surface area contributed by atoms with Crippen molar-refractivity contribution in [3.63, 3.8) is 0 Å². The number of nitrogens with zero attached hydrogens (tertiary/aromatic N) is 2. The van der Waals surface area contributed by atoms with E-state index in [9.17, 15) is 4.79 Å². The quantitative estimate of drug-likeness (QED) is 0.809. The topological polar surface area (TPSA) is 55.1 Å². The molecule has 1 aromatic rings. The summed E-state index contributed by atoms with van der Waals surface area (Å²) in [4.78, 5) is 10.5. The Labute approximate surface area is 89.9 Å². The molecule has 0 aliphatic rings. The van der Waals surface area contributed by atoms with Crippen molar-refractivity contribution in [3.8, 4) is 0 Å². The van der Waals surface area contributed by atoms with Crippen molar-refractivity contribution in [1.29, 1.82) is 0 Å². The third-order valence-electron chi connectivity index (χ3n) is 2.26. The second-order valence-electron chi connectivity index (χ2n) is 4.39. The molecule has 1 aromatic heterocycles. The maximum Gasteiger partial charge on any atom is 0.303 e. The van der Waals surface area contributed by atoms with E-state index in [0.29, 0.717) is 5.92 Å². The van der Waals surface area contributed by atoms with Crippen molar-refractivity contribution in [2.75, 3.05) is 0 Å². The standard InChI is InChI=1S/C11H18N2O2/c1-8(2)6-13-7-10(5-12-13)9(3)4-11(14)15/h5,7-9H,4,6H2,1-3H3,(H,14,15). The van der Waals surface area contributed by atoms with Gasteiger partial charge >= 0.3 is 5.97 Å². The van der Waals surface area contributed by atoms with Crippen LogP contribution in [0.1, 0.15) is 38.7 Å². The van der Waals surface area contributed by atoms with Crippen LogP contribution in [-0.2, 0) is 11.3 Å². The van der Waals surface area contributed by atoms with Gasteiger partial charge in [-0.1, -0.05) is 20.8 Å². The van der Waals surface area contributed by atoms with Crippen molar-refractivity contribution in [2.45, 2.75) is 39.7 Å². The molecule has 0 aliphatic heterocycles. The van der Waals surface area contributed by atoms with Crippen molar-refractivity contribution in [1.82, 2.24) is 9.78 Å². The molecule has 0 aliphatic carbocycles. The first-order valence-corrected chi connectivity index (χ1v) is 5.23. The summed E-state index contributed by atoms with van der Waals surface area (Å²) in [5.74, 6) is -0.185. The summed E-state index contributed by atoms with van der Waals surface area (Å²) < 4.78 is 1.87. The molecule has 4 heteroatoms. The van der Waals surface area contributed by atoms with E-state index in [1.54, 1.807) is 6.20 Å². The fourth-order valence-corrected chi connectivity index (χ4v) is 1.49. The zero-order valence-corrected chi connectivity index (χ0v) is 9.47. The highest BCUT2D eigenvalue weighted by Crippen LogP contribution is 2.18. The van der Waals surface area contributed by atoms with Crippen molar-refractivity contribution in [2.24, 2.45) is 5.92 Å². The van der Waals surface area contributed by atoms with Crippen LogP contribution in [0.5, 0.6) is 0 Å². The molecule has 0 saturated heterocycles. The molecule has 1 rings (SSSR count). The van der Waals surface area contributed by atoms with E-state index in [1.165, 1.54) is 0 Å². The van der Waals surface area contributed by atoms with Gasteiger partial charge in [-0.15, -0.1) is 0 Å². The summed E-state index contributed by atoms with van der Waals surface area (Å²) >= 11 is 0. The van der Waals surface area contributed by atoms with Gasteiger partial charge in [0.15, 0.2) is 0 Å². The lowest BCUT2D eigenvalue weighted by Gasteiger charge is -2.05. The van der Waals surface area contributed by atoms with Gasteiger partial charge in [0.05, 0.1) is 12.6 Å². The van der Waals surface area contributed by atoms with E-state index in [1.807, 2.05) is 17.8 Å². The zero-order chi connectivity index (χ0) is 11.4. The highest BCUT2D eigenvalue weighted by atomic mass is 16.4. The summed E-state index contributed by atoms with van der Waals surface area (Å²) in [6, 6.07) is 0. The fraction of sp³-hybridized carbons (Fsp3) is 0.636. The molecule has 0 spiro atoms. The highest BCUT2D eigenvalue weighted by Gasteiger charge is 2.12. The Balaban J connectivity index is 2.62. The number of carboxylic acid groups (broad SMARTS) is 1. The fourth-order valence-electron chi connectivity index (χ4n) is 1.49. The van der Waals surface area contributed by atoms with Gasteiger partial charge in [0.2, 0.25) is 0 Å². The average molecular weight is 210 g/mol. The van der Waals surface area contributed by atoms with Gasteiger partial charge in [0, 0.05) is 12.7 Å². The molecule has 15 heavy (non-hydrogen) atoms. The summed E-state index contributed by atoms with van der Waals surface area (Å²) in [5.41, 5.74) is 0.998. The maximum atomic E-state index is 10.5. The molecule has 4 nitrogen and oxygen atoms in total. The Morgan fingerprint density at radius 2 is 2.20 bits per heavy atom. The lowest BCUT2D eigenvalue weighted by Crippen LogP contribution is -2.05. The molecule has 0 amide bonds. The molecule has 1 unspecified atom stereocenters. The molecule has 0 radical (unpaired) electrons. The van der Waals surface area contributed by atoms with Crippen LogP contribution in [0.4, 0.5) is 0 Å². The van der Waals surface area contributed by atoms with E-state index < -0.39 is 5.97 Å². The monoisotopic (exact) mass is 210 g/mol. The number of aromatic nitrogens is 2. The van der Waals surface area contributed by atoms with Gasteiger partial charge in [0.1, 0.15) is 0 Å². The lowest BCUT2D eigenvalue weighted by molar-refractivity contribution is -0.137. The normalized spacial score (nSPS) is 13.1. The largest absolute Gasteiger partial charge is 0.481 e. The van der Waals surface area contributed by atoms with Crippen molar-refractivity contribution >= 4 is 5.97 Å². The first kappa shape index (κ1) is 11.8. The molecular formula is C11H18N2O2. The van der Waals surface area contributed by atoms with Crippen LogP contribution >= 0.6 is 0 Å². The van der Waals surface area contributed by atoms with Crippen LogP contribution in [-0.4, -0.2) is 20.9 Å². The minimum absolute atomic E-state index is 0.0309. The lowest BCUT2D eigenvalue weighted by atomic mass is 10.0. The number of rotatable bonds is 5. The molecule has 0 bridgehead atoms. The molecule has 0 fully saturated rings. The Kier molecular flexibility index (Phi) is 3.88. The van der Waals surface area contributed by atoms with Crippen LogP contribution in [0.2, 0.25) is 0 Å². The molecule has 1 heterocycles. The Bertz CT molecular complexity index is 331. The zero-order valence-electron chi connectivity index (χ0n) is 9.47. The third kappa shape index (κ3) is 3.73. The van der Waals surface area contributed by atoms with E-state index >= 15 is 0 Å². The summed E-state index contributed by atoms with van der Waals surface area (Å²) in [5, 5.41) is 12.9. The molecule has 0 saturated carbocycles. The summed E-state index contributed by atoms with van der Waals surface area (Å²) in [7, 11) is 0. The van der Waals surface area contributed by atoms with Gasteiger partial charge in [0.25, 0.3) is 0 Å². The Hall–Kier alpha value is -1.32. The van der Waals surface area contributed by atoms with Crippen molar-refractivity contribution < 1.29 is 9.90 Å². The third-order valence-corrected chi connectivity index (χ3v) is 2.26. The Morgan fingerprint density at radius 1 is 1.53 bits per heavy atom. The SMILES string of the molecule is CC(C)Cn1cc(C(C)CC(=O)O)cn1. The number of carbonyl (C=O) groups is 1. The second-order valence-corrected chi connectivity index (χ2v) is 4.39. The molecule has 0 aromatic carbocycles. The predicted octanol–water partition coefficient (Wildman–Crippen LogP) is 2.12. The van der Waals surface area contributed by atoms with E-state index in [0.717, 1.165) is 12.1 Å². The maximum absolute atomic E-state index is 10.5. The molecule has 1 atom stereocenters. The number of hydrogen-bond acceptors (Lipinski definition) is 2. The van der Waals surface area contributed by atoms with E-state index in [-0.39, 0.29) is 12.3 Å². The number of carboxylic acids is 1.